The summed E-state index contributed by atoms with van der Waals surface area (Å²) in [5, 5.41) is 8.89. The predicted octanol–water partition coefficient (Wildman–Crippen LogP) is 11.6. The summed E-state index contributed by atoms with van der Waals surface area (Å²) in [4.78, 5) is 45.9. The van der Waals surface area contributed by atoms with E-state index in [0.717, 1.165) is 57.8 Å². The van der Waals surface area contributed by atoms with Gasteiger partial charge in [0.15, 0.2) is 6.10 Å². The van der Waals surface area contributed by atoms with E-state index in [9.17, 15) is 23.8 Å². The van der Waals surface area contributed by atoms with Crippen LogP contribution in [-0.4, -0.2) is 59.9 Å². The molecule has 0 aromatic carbocycles. The first-order valence-electron chi connectivity index (χ1n) is 22.0. The molecule has 1 unspecified atom stereocenters. The first kappa shape index (κ1) is 53.7. The minimum Gasteiger partial charge on any atom is -0.480 e. The summed E-state index contributed by atoms with van der Waals surface area (Å²) in [6, 6.07) is -1.52. The SMILES string of the molecule is CCCCC/C=C/C/C=C/CCCCCCCCCC(=O)O[C@H](COC(=O)CCCC/C=C/CCCCCCCCCCC)COP(=O)(O)OC[C@H](N)C(=O)O. The van der Waals surface area contributed by atoms with Crippen LogP contribution in [0.25, 0.3) is 0 Å². The molecule has 0 radical (unpaired) electrons. The Morgan fingerprint density at radius 3 is 1.48 bits per heavy atom. The summed E-state index contributed by atoms with van der Waals surface area (Å²) in [5.74, 6) is -2.41. The van der Waals surface area contributed by atoms with Crippen LogP contribution in [0, 0.1) is 0 Å². The number of hydrogen-bond donors (Lipinski definition) is 3. The fraction of sp³-hybridized carbons (Fsp3) is 0.795. The molecular weight excluding hydrogens is 733 g/mol. The number of carboxylic acid groups (broad SMARTS) is 1. The number of nitrogens with two attached hydrogens (primary N) is 1. The van der Waals surface area contributed by atoms with Gasteiger partial charge in [-0.25, -0.2) is 4.57 Å². The molecule has 0 aliphatic heterocycles. The number of hydrogen-bond acceptors (Lipinski definition) is 9. The van der Waals surface area contributed by atoms with Crippen LogP contribution in [-0.2, 0) is 37.5 Å². The normalized spacial score (nSPS) is 14.1. The van der Waals surface area contributed by atoms with E-state index in [4.69, 9.17) is 24.8 Å². The Morgan fingerprint density at radius 2 is 0.946 bits per heavy atom. The quantitative estimate of drug-likeness (QED) is 0.0232. The standard InChI is InChI=1S/C44H80NO10P/c1-3-5-7-9-11-13-15-17-19-20-22-24-26-28-30-32-34-36-43(47)55-40(38-53-56(50,51)54-39-41(45)44(48)49)37-52-42(46)35-33-31-29-27-25-23-21-18-16-14-12-10-8-6-4-2/h11,13,17,19,25,27,40-41H,3-10,12,14-16,18,20-24,26,28-39,45H2,1-2H3,(H,48,49)(H,50,51)/b13-11+,19-17+,27-25+/t40-,41+/m1/s1. The zero-order chi connectivity index (χ0) is 41.4. The second-order valence-corrected chi connectivity index (χ2v) is 16.3. The van der Waals surface area contributed by atoms with E-state index >= 15 is 0 Å². The predicted molar refractivity (Wildman–Crippen MR) is 226 cm³/mol. The Morgan fingerprint density at radius 1 is 0.554 bits per heavy atom. The fourth-order valence-corrected chi connectivity index (χ4v) is 6.63. The number of phosphoric acid groups is 1. The van der Waals surface area contributed by atoms with E-state index in [1.807, 2.05) is 0 Å². The van der Waals surface area contributed by atoms with Gasteiger partial charge in [-0.05, 0) is 70.6 Å². The zero-order valence-electron chi connectivity index (χ0n) is 35.2. The van der Waals surface area contributed by atoms with Crippen molar-refractivity contribution in [1.29, 1.82) is 0 Å². The molecule has 12 heteroatoms. The molecule has 0 saturated carbocycles. The maximum atomic E-state index is 12.6. The molecule has 0 aliphatic rings. The van der Waals surface area contributed by atoms with Crippen LogP contribution >= 0.6 is 7.82 Å². The van der Waals surface area contributed by atoms with Gasteiger partial charge in [0.25, 0.3) is 0 Å². The van der Waals surface area contributed by atoms with E-state index in [0.29, 0.717) is 12.8 Å². The van der Waals surface area contributed by atoms with Crippen molar-refractivity contribution >= 4 is 25.7 Å². The van der Waals surface area contributed by atoms with Crippen molar-refractivity contribution in [3.63, 3.8) is 0 Å². The van der Waals surface area contributed by atoms with E-state index in [1.165, 1.54) is 96.3 Å². The zero-order valence-corrected chi connectivity index (χ0v) is 36.1. The number of allylic oxidation sites excluding steroid dienone is 6. The summed E-state index contributed by atoms with van der Waals surface area (Å²) < 4.78 is 32.7. The molecule has 56 heavy (non-hydrogen) atoms. The van der Waals surface area contributed by atoms with Crippen molar-refractivity contribution in [3.05, 3.63) is 36.5 Å². The second kappa shape index (κ2) is 39.5. The number of ether oxygens (including phenoxy) is 2. The monoisotopic (exact) mass is 814 g/mol. The molecule has 0 fully saturated rings. The lowest BCUT2D eigenvalue weighted by Gasteiger charge is -2.20. The molecule has 4 N–H and O–H groups in total. The Kier molecular flexibility index (Phi) is 37.9. The third-order valence-corrected chi connectivity index (χ3v) is 10.3. The molecule has 0 bridgehead atoms. The molecule has 0 heterocycles. The molecular formula is C44H80NO10P. The van der Waals surface area contributed by atoms with Crippen molar-refractivity contribution in [1.82, 2.24) is 0 Å². The molecule has 0 aliphatic carbocycles. The minimum absolute atomic E-state index is 0.148. The summed E-state index contributed by atoms with van der Waals surface area (Å²) in [6.07, 6.45) is 42.1. The molecule has 3 atom stereocenters. The molecule has 0 amide bonds. The highest BCUT2D eigenvalue weighted by atomic mass is 31.2. The van der Waals surface area contributed by atoms with Gasteiger partial charge in [-0.1, -0.05) is 147 Å². The van der Waals surface area contributed by atoms with Gasteiger partial charge >= 0.3 is 25.7 Å². The van der Waals surface area contributed by atoms with E-state index in [-0.39, 0.29) is 19.4 Å². The van der Waals surface area contributed by atoms with Crippen molar-refractivity contribution in [2.75, 3.05) is 19.8 Å². The average Bonchev–Trinajstić information content (AvgIpc) is 3.17. The number of carbonyl (C=O) groups excluding carboxylic acids is 2. The van der Waals surface area contributed by atoms with Crippen LogP contribution in [0.1, 0.15) is 194 Å². The van der Waals surface area contributed by atoms with Gasteiger partial charge in [-0.2, -0.15) is 0 Å². The topological polar surface area (TPSA) is 172 Å². The van der Waals surface area contributed by atoms with Gasteiger partial charge in [0.2, 0.25) is 0 Å². The number of unbranched alkanes of at least 4 members (excludes halogenated alkanes) is 21. The van der Waals surface area contributed by atoms with Crippen LogP contribution in [0.4, 0.5) is 0 Å². The lowest BCUT2D eigenvalue weighted by molar-refractivity contribution is -0.161. The maximum absolute atomic E-state index is 12.6. The lowest BCUT2D eigenvalue weighted by atomic mass is 10.1. The Hall–Kier alpha value is -2.30. The Bertz CT molecular complexity index is 1100. The number of aliphatic carboxylic acids is 1. The van der Waals surface area contributed by atoms with Crippen LogP contribution in [0.5, 0.6) is 0 Å². The number of carbonyl (C=O) groups is 3. The van der Waals surface area contributed by atoms with Crippen molar-refractivity contribution < 1.29 is 47.5 Å². The molecule has 11 nitrogen and oxygen atoms in total. The molecule has 326 valence electrons. The third-order valence-electron chi connectivity index (χ3n) is 9.36. The lowest BCUT2D eigenvalue weighted by Crippen LogP contribution is -2.34. The van der Waals surface area contributed by atoms with Gasteiger partial charge in [-0.15, -0.1) is 0 Å². The molecule has 0 saturated heterocycles. The Labute approximate surface area is 340 Å². The first-order valence-corrected chi connectivity index (χ1v) is 23.5. The molecule has 0 aromatic heterocycles. The van der Waals surface area contributed by atoms with Crippen LogP contribution < -0.4 is 5.73 Å². The number of carboxylic acids is 1. The second-order valence-electron chi connectivity index (χ2n) is 14.8. The first-order chi connectivity index (χ1) is 27.1. The highest BCUT2D eigenvalue weighted by molar-refractivity contribution is 7.47. The number of esters is 2. The van der Waals surface area contributed by atoms with Crippen LogP contribution in [0.15, 0.2) is 36.5 Å². The van der Waals surface area contributed by atoms with Crippen LogP contribution in [0.2, 0.25) is 0 Å². The molecule has 0 spiro atoms. The van der Waals surface area contributed by atoms with Gasteiger partial charge in [0.05, 0.1) is 13.2 Å². The maximum Gasteiger partial charge on any atom is 0.472 e. The molecule has 0 rings (SSSR count). The summed E-state index contributed by atoms with van der Waals surface area (Å²) in [7, 11) is -4.72. The third kappa shape index (κ3) is 38.6. The largest absolute Gasteiger partial charge is 0.480 e. The van der Waals surface area contributed by atoms with Crippen LogP contribution in [0.3, 0.4) is 0 Å². The average molecular weight is 814 g/mol. The Balaban J connectivity index is 4.39. The highest BCUT2D eigenvalue weighted by Gasteiger charge is 2.28. The number of rotatable bonds is 41. The molecule has 0 aromatic rings. The summed E-state index contributed by atoms with van der Waals surface area (Å²) >= 11 is 0. The van der Waals surface area contributed by atoms with Gasteiger partial charge < -0.3 is 25.2 Å². The van der Waals surface area contributed by atoms with Crippen molar-refractivity contribution in [2.45, 2.75) is 206 Å². The van der Waals surface area contributed by atoms with Gasteiger partial charge in [-0.3, -0.25) is 23.4 Å². The smallest absolute Gasteiger partial charge is 0.472 e. The summed E-state index contributed by atoms with van der Waals surface area (Å²) in [6.45, 7) is 2.75. The van der Waals surface area contributed by atoms with E-state index < -0.39 is 51.1 Å². The minimum atomic E-state index is -4.72. The highest BCUT2D eigenvalue weighted by Crippen LogP contribution is 2.43. The van der Waals surface area contributed by atoms with Gasteiger partial charge in [0.1, 0.15) is 12.6 Å². The van der Waals surface area contributed by atoms with E-state index in [1.54, 1.807) is 0 Å². The summed E-state index contributed by atoms with van der Waals surface area (Å²) in [5.41, 5.74) is 5.33. The number of phosphoric ester groups is 1. The van der Waals surface area contributed by atoms with Crippen molar-refractivity contribution in [3.8, 4) is 0 Å². The van der Waals surface area contributed by atoms with Gasteiger partial charge in [0, 0.05) is 12.8 Å². The fourth-order valence-electron chi connectivity index (χ4n) is 5.85. The van der Waals surface area contributed by atoms with E-state index in [2.05, 4.69) is 54.8 Å². The van der Waals surface area contributed by atoms with Crippen molar-refractivity contribution in [2.24, 2.45) is 5.73 Å².